The van der Waals surface area contributed by atoms with E-state index in [-0.39, 0.29) is 13.3 Å². The summed E-state index contributed by atoms with van der Waals surface area (Å²) < 4.78 is 31.9. The van der Waals surface area contributed by atoms with E-state index in [1.807, 2.05) is 41.3 Å². The zero-order valence-corrected chi connectivity index (χ0v) is 26.0. The number of hydrogen-bond donors (Lipinski definition) is 1. The third-order valence-electron chi connectivity index (χ3n) is 8.22. The second-order valence-corrected chi connectivity index (χ2v) is 12.4. The quantitative estimate of drug-likeness (QED) is 0.159. The van der Waals surface area contributed by atoms with Crippen LogP contribution in [0.3, 0.4) is 0 Å². The highest BCUT2D eigenvalue weighted by atomic mass is 32.1. The van der Waals surface area contributed by atoms with Crippen LogP contribution in [0.15, 0.2) is 66.7 Å². The van der Waals surface area contributed by atoms with Crippen LogP contribution in [-0.4, -0.2) is 80.8 Å². The number of likely N-dealkylation sites (tertiary alicyclic amines) is 2. The van der Waals surface area contributed by atoms with Gasteiger partial charge in [0.2, 0.25) is 5.91 Å². The number of hydrogen-bond acceptors (Lipinski definition) is 7. The minimum atomic E-state index is -1.03. The number of halogens is 1. The lowest BCUT2D eigenvalue weighted by molar-refractivity contribution is -0.139. The number of thiophene rings is 1. The van der Waals surface area contributed by atoms with Crippen molar-refractivity contribution in [1.29, 1.82) is 1.45 Å². The predicted molar refractivity (Wildman–Crippen MR) is 181 cm³/mol. The molecule has 2 fully saturated rings. The average molecular weight is 653 g/mol. The number of aliphatic carboxylic acids is 1. The molecule has 0 radical (unpaired) electrons. The van der Waals surface area contributed by atoms with Crippen LogP contribution < -0.4 is 14.2 Å². The van der Waals surface area contributed by atoms with Crippen molar-refractivity contribution in [2.24, 2.45) is 0 Å². The van der Waals surface area contributed by atoms with Crippen molar-refractivity contribution in [3.63, 3.8) is 0 Å². The van der Waals surface area contributed by atoms with Gasteiger partial charge < -0.3 is 24.2 Å². The first-order chi connectivity index (χ1) is 22.5. The van der Waals surface area contributed by atoms with E-state index in [4.69, 9.17) is 18.9 Å². The van der Waals surface area contributed by atoms with Crippen molar-refractivity contribution in [1.82, 2.24) is 9.80 Å². The molecule has 0 atom stereocenters. The normalized spacial score (nSPS) is 14.8. The summed E-state index contributed by atoms with van der Waals surface area (Å²) in [5.74, 6) is 0.964. The van der Waals surface area contributed by atoms with Gasteiger partial charge in [0.05, 0.1) is 6.54 Å². The molecule has 0 bridgehead atoms. The Bertz CT molecular complexity index is 1610. The summed E-state index contributed by atoms with van der Waals surface area (Å²) in [6.45, 7) is 5.02. The first-order valence-electron chi connectivity index (χ1n) is 15.8. The van der Waals surface area contributed by atoms with Crippen LogP contribution >= 0.6 is 11.3 Å². The van der Waals surface area contributed by atoms with Crippen molar-refractivity contribution in [2.75, 3.05) is 52.5 Å². The molecule has 2 aliphatic heterocycles. The minimum absolute atomic E-state index is 0. The second kappa shape index (κ2) is 16.4. The Morgan fingerprint density at radius 1 is 0.891 bits per heavy atom. The van der Waals surface area contributed by atoms with E-state index in [2.05, 4.69) is 36.7 Å². The van der Waals surface area contributed by atoms with Gasteiger partial charge in [-0.1, -0.05) is 37.8 Å². The molecule has 2 saturated heterocycles. The molecule has 0 saturated carbocycles. The maximum atomic E-state index is 11.9. The Morgan fingerprint density at radius 3 is 2.39 bits per heavy atom. The van der Waals surface area contributed by atoms with E-state index in [1.165, 1.54) is 28.5 Å². The smallest absolute Gasteiger partial charge is 0.341 e. The fourth-order valence-electron chi connectivity index (χ4n) is 5.94. The molecule has 8 nitrogen and oxygen atoms in total. The molecule has 0 spiro atoms. The third-order valence-corrected chi connectivity index (χ3v) is 9.49. The van der Waals surface area contributed by atoms with Crippen molar-refractivity contribution < 1.29 is 33.6 Å². The molecule has 0 unspecified atom stereocenters. The fourth-order valence-corrected chi connectivity index (χ4v) is 7.16. The number of ether oxygens (including phenoxy) is 3. The first kappa shape index (κ1) is 33.2. The third kappa shape index (κ3) is 8.55. The lowest BCUT2D eigenvalue weighted by atomic mass is 9.98. The minimum Gasteiger partial charge on any atom is -0.492 e. The summed E-state index contributed by atoms with van der Waals surface area (Å²) in [5, 5.41) is 10.5. The summed E-state index contributed by atoms with van der Waals surface area (Å²) in [6.07, 6.45) is 4.74. The van der Waals surface area contributed by atoms with Crippen molar-refractivity contribution in [2.45, 2.75) is 39.5 Å². The SMILES string of the molecule is C.O=C(O)COc1cc(-c2sc3ccccc3c2Cc2ccc(OCCN3CCCC3=O)cc2)ccc1OCCN1CCCC1.[3H]F. The fraction of sp³-hybridized carbons (Fsp3) is 0.389. The highest BCUT2D eigenvalue weighted by molar-refractivity contribution is 7.22. The summed E-state index contributed by atoms with van der Waals surface area (Å²) in [7, 11) is 0. The summed E-state index contributed by atoms with van der Waals surface area (Å²) in [4.78, 5) is 28.6. The first-order valence-corrected chi connectivity index (χ1v) is 16.2. The van der Waals surface area contributed by atoms with Crippen molar-refractivity contribution in [3.8, 4) is 27.7 Å². The number of fused-ring (bicyclic) bond motifs is 1. The van der Waals surface area contributed by atoms with Crippen LogP contribution in [0.1, 0.15) is 44.2 Å². The van der Waals surface area contributed by atoms with Gasteiger partial charge in [0.1, 0.15) is 19.0 Å². The highest BCUT2D eigenvalue weighted by Gasteiger charge is 2.20. The lowest BCUT2D eigenvalue weighted by Gasteiger charge is -2.17. The number of benzene rings is 3. The number of carbonyl (C=O) groups is 2. The molecular formula is C36H43FN2O6S. The van der Waals surface area contributed by atoms with Crippen LogP contribution in [0.25, 0.3) is 20.5 Å². The molecule has 10 heteroatoms. The van der Waals surface area contributed by atoms with E-state index in [1.54, 1.807) is 11.3 Å². The maximum absolute atomic E-state index is 11.9. The monoisotopic (exact) mass is 652 g/mol. The number of carbonyl (C=O) groups excluding carboxylic acids is 1. The van der Waals surface area contributed by atoms with Crippen LogP contribution in [0.5, 0.6) is 17.2 Å². The molecule has 6 rings (SSSR count). The molecular weight excluding hydrogens is 607 g/mol. The van der Waals surface area contributed by atoms with Gasteiger partial charge >= 0.3 is 5.97 Å². The molecule has 3 aromatic carbocycles. The maximum Gasteiger partial charge on any atom is 0.341 e. The van der Waals surface area contributed by atoms with Crippen LogP contribution in [0.4, 0.5) is 4.72 Å². The molecule has 2 aliphatic rings. The standard InChI is InChI=1S/C35H38N2O6S.CH4.FH/c38-33-8-5-17-37(33)19-21-41-27-12-9-25(10-13-27)22-29-28-6-1-2-7-32(28)44-35(29)26-11-14-30(31(23-26)43-24-34(39)40)42-20-18-36-15-3-4-16-36;;/h1-2,6-7,9-14,23H,3-5,8,15-22,24H2,(H,39,40);1H4;1H/i/hT. The van der Waals surface area contributed by atoms with E-state index in [9.17, 15) is 14.7 Å². The molecule has 4 aromatic rings. The zero-order chi connectivity index (χ0) is 32.3. The Hall–Kier alpha value is -4.15. The summed E-state index contributed by atoms with van der Waals surface area (Å²) >= 11 is 1.72. The van der Waals surface area contributed by atoms with Gasteiger partial charge in [0, 0.05) is 29.1 Å². The van der Waals surface area contributed by atoms with E-state index >= 15 is 0 Å². The van der Waals surface area contributed by atoms with Crippen LogP contribution in [-0.2, 0) is 16.0 Å². The van der Waals surface area contributed by atoms with Crippen molar-refractivity contribution >= 4 is 33.3 Å². The van der Waals surface area contributed by atoms with Gasteiger partial charge in [-0.25, -0.2) is 4.79 Å². The number of carboxylic acids is 1. The molecule has 0 aliphatic carbocycles. The van der Waals surface area contributed by atoms with Crippen LogP contribution in [0, 0.1) is 0 Å². The van der Waals surface area contributed by atoms with Gasteiger partial charge in [-0.3, -0.25) is 14.4 Å². The number of carboxylic acid groups (broad SMARTS) is 1. The summed E-state index contributed by atoms with van der Waals surface area (Å²) in [5.41, 5.74) is 3.32. The Balaban J connectivity index is 0.00000164. The van der Waals surface area contributed by atoms with E-state index in [0.29, 0.717) is 37.7 Å². The molecule has 246 valence electrons. The number of nitrogens with zero attached hydrogens (tertiary/aromatic N) is 2. The van der Waals surface area contributed by atoms with Gasteiger partial charge in [-0.15, -0.1) is 11.3 Å². The van der Waals surface area contributed by atoms with Gasteiger partial charge in [-0.05, 0) is 97.2 Å². The van der Waals surface area contributed by atoms with Gasteiger partial charge in [0.25, 0.3) is 1.45 Å². The Morgan fingerprint density at radius 2 is 1.65 bits per heavy atom. The van der Waals surface area contributed by atoms with Gasteiger partial charge in [-0.2, -0.15) is 0 Å². The van der Waals surface area contributed by atoms with E-state index < -0.39 is 12.6 Å². The van der Waals surface area contributed by atoms with Crippen LogP contribution in [0.2, 0.25) is 0 Å². The molecule has 3 heterocycles. The molecule has 1 amide bonds. The average Bonchev–Trinajstić information content (AvgIpc) is 3.83. The largest absolute Gasteiger partial charge is 0.492 e. The topological polar surface area (TPSA) is 88.5 Å². The number of rotatable bonds is 14. The Kier molecular flexibility index (Phi) is 11.9. The molecule has 46 heavy (non-hydrogen) atoms. The second-order valence-electron chi connectivity index (χ2n) is 11.3. The Labute approximate surface area is 275 Å². The van der Waals surface area contributed by atoms with Gasteiger partial charge in [0.15, 0.2) is 18.1 Å². The van der Waals surface area contributed by atoms with E-state index in [0.717, 1.165) is 60.8 Å². The lowest BCUT2D eigenvalue weighted by Crippen LogP contribution is -2.29. The van der Waals surface area contributed by atoms with Crippen molar-refractivity contribution in [3.05, 3.63) is 77.9 Å². The number of amides is 1. The summed E-state index contributed by atoms with van der Waals surface area (Å²) in [6, 6.07) is 22.4. The molecule has 1 N–H and O–H groups in total. The predicted octanol–water partition coefficient (Wildman–Crippen LogP) is 6.89. The molecule has 1 aromatic heterocycles. The zero-order valence-electron chi connectivity index (χ0n) is 26.2. The highest BCUT2D eigenvalue weighted by Crippen LogP contribution is 2.42.